The molecule has 1 heterocycles. The smallest absolute Gasteiger partial charge is 0.335 e. The highest BCUT2D eigenvalue weighted by atomic mass is 16.6. The van der Waals surface area contributed by atoms with Crippen LogP contribution in [0.4, 0.5) is 0 Å². The van der Waals surface area contributed by atoms with E-state index in [1.807, 2.05) is 13.8 Å². The Kier molecular flexibility index (Phi) is 1.68. The Morgan fingerprint density at radius 3 is 2.70 bits per heavy atom. The third kappa shape index (κ3) is 0.904. The van der Waals surface area contributed by atoms with Gasteiger partial charge >= 0.3 is 5.97 Å². The van der Waals surface area contributed by atoms with Crippen LogP contribution in [0.15, 0.2) is 0 Å². The summed E-state index contributed by atoms with van der Waals surface area (Å²) in [7, 11) is 0. The van der Waals surface area contributed by atoms with Crippen LogP contribution in [-0.4, -0.2) is 23.8 Å². The number of esters is 1. The lowest BCUT2D eigenvalue weighted by Crippen LogP contribution is -2.31. The molecule has 1 fully saturated rings. The van der Waals surface area contributed by atoms with E-state index < -0.39 is 12.1 Å². The summed E-state index contributed by atoms with van der Waals surface area (Å²) in [6.45, 7) is 4.14. The second-order valence-corrected chi connectivity index (χ2v) is 3.02. The first-order chi connectivity index (χ1) is 4.60. The molecule has 1 aliphatic rings. The predicted molar refractivity (Wildman–Crippen MR) is 35.4 cm³/mol. The zero-order chi connectivity index (χ0) is 7.78. The molecule has 1 N–H and O–H groups in total. The fraction of sp³-hybridized carbons (Fsp3) is 0.857. The van der Waals surface area contributed by atoms with Crippen molar-refractivity contribution in [1.82, 2.24) is 0 Å². The fourth-order valence-corrected chi connectivity index (χ4v) is 0.974. The van der Waals surface area contributed by atoms with Crippen LogP contribution in [-0.2, 0) is 9.53 Å². The van der Waals surface area contributed by atoms with Gasteiger partial charge in [-0.1, -0.05) is 13.8 Å². The first kappa shape index (κ1) is 7.54. The average Bonchev–Trinajstić information content (AvgIpc) is 2.19. The molecule has 10 heavy (non-hydrogen) atoms. The molecular weight excluding hydrogens is 132 g/mol. The fourth-order valence-electron chi connectivity index (χ4n) is 0.974. The van der Waals surface area contributed by atoms with E-state index >= 15 is 0 Å². The largest absolute Gasteiger partial charge is 0.463 e. The van der Waals surface area contributed by atoms with Crippen LogP contribution in [0.25, 0.3) is 0 Å². The van der Waals surface area contributed by atoms with E-state index in [1.54, 1.807) is 0 Å². The standard InChI is InChI=1S/C7H12O3/c1-3-7(2)4-10-6(9)5(7)8/h5,8H,3-4H2,1-2H3. The monoisotopic (exact) mass is 144 g/mol. The molecule has 3 heteroatoms. The van der Waals surface area contributed by atoms with Crippen LogP contribution in [0.1, 0.15) is 20.3 Å². The van der Waals surface area contributed by atoms with E-state index in [1.165, 1.54) is 0 Å². The molecule has 0 aliphatic carbocycles. The second kappa shape index (κ2) is 2.23. The Morgan fingerprint density at radius 2 is 2.50 bits per heavy atom. The van der Waals surface area contributed by atoms with Gasteiger partial charge in [0, 0.05) is 5.41 Å². The van der Waals surface area contributed by atoms with Crippen LogP contribution in [0.2, 0.25) is 0 Å². The van der Waals surface area contributed by atoms with Crippen molar-refractivity contribution in [3.63, 3.8) is 0 Å². The zero-order valence-corrected chi connectivity index (χ0v) is 6.26. The molecule has 2 unspecified atom stereocenters. The highest BCUT2D eigenvalue weighted by Crippen LogP contribution is 2.32. The van der Waals surface area contributed by atoms with Crippen LogP contribution in [0, 0.1) is 5.41 Å². The van der Waals surface area contributed by atoms with Gasteiger partial charge in [0.2, 0.25) is 0 Å². The van der Waals surface area contributed by atoms with Crippen molar-refractivity contribution in [2.45, 2.75) is 26.4 Å². The van der Waals surface area contributed by atoms with Crippen LogP contribution < -0.4 is 0 Å². The number of aliphatic hydroxyl groups is 1. The molecule has 1 aliphatic heterocycles. The second-order valence-electron chi connectivity index (χ2n) is 3.02. The van der Waals surface area contributed by atoms with Gasteiger partial charge in [0.1, 0.15) is 0 Å². The molecule has 3 nitrogen and oxygen atoms in total. The summed E-state index contributed by atoms with van der Waals surface area (Å²) in [5, 5.41) is 9.24. The Hall–Kier alpha value is -0.570. The summed E-state index contributed by atoms with van der Waals surface area (Å²) in [6, 6.07) is 0. The number of hydrogen-bond donors (Lipinski definition) is 1. The minimum atomic E-state index is -0.919. The lowest BCUT2D eigenvalue weighted by atomic mass is 9.84. The molecule has 0 spiro atoms. The van der Waals surface area contributed by atoms with Crippen LogP contribution in [0.3, 0.4) is 0 Å². The molecule has 0 radical (unpaired) electrons. The Morgan fingerprint density at radius 1 is 1.90 bits per heavy atom. The molecular formula is C7H12O3. The first-order valence-corrected chi connectivity index (χ1v) is 3.45. The van der Waals surface area contributed by atoms with Gasteiger partial charge in [-0.15, -0.1) is 0 Å². The van der Waals surface area contributed by atoms with E-state index in [2.05, 4.69) is 4.74 Å². The van der Waals surface area contributed by atoms with Crippen molar-refractivity contribution in [2.75, 3.05) is 6.61 Å². The molecule has 1 rings (SSSR count). The Labute approximate surface area is 60.0 Å². The molecule has 1 saturated heterocycles. The van der Waals surface area contributed by atoms with Crippen molar-refractivity contribution >= 4 is 5.97 Å². The molecule has 0 amide bonds. The maximum atomic E-state index is 10.7. The highest BCUT2D eigenvalue weighted by Gasteiger charge is 2.44. The number of rotatable bonds is 1. The van der Waals surface area contributed by atoms with Crippen molar-refractivity contribution in [3.05, 3.63) is 0 Å². The minimum Gasteiger partial charge on any atom is -0.463 e. The average molecular weight is 144 g/mol. The summed E-state index contributed by atoms with van der Waals surface area (Å²) >= 11 is 0. The van der Waals surface area contributed by atoms with E-state index in [4.69, 9.17) is 0 Å². The Bertz CT molecular complexity index is 155. The van der Waals surface area contributed by atoms with Crippen molar-refractivity contribution in [3.8, 4) is 0 Å². The molecule has 58 valence electrons. The van der Waals surface area contributed by atoms with E-state index in [0.717, 1.165) is 6.42 Å². The zero-order valence-electron chi connectivity index (χ0n) is 6.26. The van der Waals surface area contributed by atoms with Gasteiger partial charge in [0.05, 0.1) is 6.61 Å². The molecule has 0 saturated carbocycles. The quantitative estimate of drug-likeness (QED) is 0.539. The van der Waals surface area contributed by atoms with Gasteiger partial charge in [0.15, 0.2) is 6.10 Å². The molecule has 0 aromatic carbocycles. The van der Waals surface area contributed by atoms with E-state index in [9.17, 15) is 9.90 Å². The summed E-state index contributed by atoms with van der Waals surface area (Å²) in [5.41, 5.74) is -0.350. The summed E-state index contributed by atoms with van der Waals surface area (Å²) in [5.74, 6) is -0.482. The number of cyclic esters (lactones) is 1. The van der Waals surface area contributed by atoms with Gasteiger partial charge in [-0.25, -0.2) is 4.79 Å². The third-order valence-corrected chi connectivity index (χ3v) is 2.24. The minimum absolute atomic E-state index is 0.350. The number of ether oxygens (including phenoxy) is 1. The van der Waals surface area contributed by atoms with Crippen molar-refractivity contribution in [2.24, 2.45) is 5.41 Å². The summed E-state index contributed by atoms with van der Waals surface area (Å²) in [4.78, 5) is 10.7. The highest BCUT2D eigenvalue weighted by molar-refractivity contribution is 5.77. The molecule has 0 bridgehead atoms. The van der Waals surface area contributed by atoms with Crippen molar-refractivity contribution < 1.29 is 14.6 Å². The lowest BCUT2D eigenvalue weighted by Gasteiger charge is -2.20. The predicted octanol–water partition coefficient (Wildman–Crippen LogP) is 0.320. The third-order valence-electron chi connectivity index (χ3n) is 2.24. The lowest BCUT2D eigenvalue weighted by molar-refractivity contribution is -0.145. The normalized spacial score (nSPS) is 39.9. The maximum absolute atomic E-state index is 10.7. The number of aliphatic hydroxyl groups excluding tert-OH is 1. The molecule has 0 aromatic heterocycles. The molecule has 0 aromatic rings. The van der Waals surface area contributed by atoms with E-state index in [-0.39, 0.29) is 5.41 Å². The topological polar surface area (TPSA) is 46.5 Å². The van der Waals surface area contributed by atoms with Gasteiger partial charge in [0.25, 0.3) is 0 Å². The molecule has 2 atom stereocenters. The number of carbonyl (C=O) groups is 1. The van der Waals surface area contributed by atoms with Gasteiger partial charge < -0.3 is 9.84 Å². The van der Waals surface area contributed by atoms with Crippen LogP contribution in [0.5, 0.6) is 0 Å². The van der Waals surface area contributed by atoms with Crippen LogP contribution >= 0.6 is 0 Å². The number of carbonyl (C=O) groups excluding carboxylic acids is 1. The summed E-state index contributed by atoms with van der Waals surface area (Å²) < 4.78 is 4.68. The first-order valence-electron chi connectivity index (χ1n) is 3.45. The van der Waals surface area contributed by atoms with Gasteiger partial charge in [-0.3, -0.25) is 0 Å². The van der Waals surface area contributed by atoms with Gasteiger partial charge in [-0.05, 0) is 6.42 Å². The SMILES string of the molecule is CCC1(C)COC(=O)C1O. The Balaban J connectivity index is 2.73. The van der Waals surface area contributed by atoms with Crippen molar-refractivity contribution in [1.29, 1.82) is 0 Å². The van der Waals surface area contributed by atoms with E-state index in [0.29, 0.717) is 6.61 Å². The van der Waals surface area contributed by atoms with Gasteiger partial charge in [-0.2, -0.15) is 0 Å². The maximum Gasteiger partial charge on any atom is 0.335 e. The summed E-state index contributed by atoms with van der Waals surface area (Å²) in [6.07, 6.45) is -0.155. The number of hydrogen-bond acceptors (Lipinski definition) is 3.